The molecule has 18 heavy (non-hydrogen) atoms. The first-order valence-electron chi connectivity index (χ1n) is 5.01. The Hall–Kier alpha value is -1.14. The molecule has 0 unspecified atom stereocenters. The van der Waals surface area contributed by atoms with Gasteiger partial charge >= 0.3 is 0 Å². The van der Waals surface area contributed by atoms with Gasteiger partial charge in [0.2, 0.25) is 0 Å². The van der Waals surface area contributed by atoms with Gasteiger partial charge in [-0.05, 0) is 24.3 Å². The molecule has 0 aromatic heterocycles. The second kappa shape index (κ2) is 7.33. The van der Waals surface area contributed by atoms with Gasteiger partial charge in [0.1, 0.15) is 23.6 Å². The van der Waals surface area contributed by atoms with Crippen LogP contribution in [0, 0.1) is 22.7 Å². The maximum Gasteiger partial charge on any atom is 0.145 e. The zero-order valence-corrected chi connectivity index (χ0v) is 13.0. The van der Waals surface area contributed by atoms with Gasteiger partial charge in [-0.2, -0.15) is 10.5 Å². The molecule has 2 aromatic carbocycles. The number of nitrogens with zero attached hydrogens (tertiary/aromatic N) is 2. The molecule has 0 heterocycles. The molecule has 0 aliphatic heterocycles. The second-order valence-electron chi connectivity index (χ2n) is 3.32. The van der Waals surface area contributed by atoms with Crippen molar-refractivity contribution in [2.24, 2.45) is 0 Å². The van der Waals surface area contributed by atoms with Crippen LogP contribution in [0.25, 0.3) is 0 Å². The van der Waals surface area contributed by atoms with E-state index < -0.39 is 0 Å². The van der Waals surface area contributed by atoms with E-state index in [1.165, 1.54) is 0 Å². The molecule has 0 saturated heterocycles. The Balaban J connectivity index is 0.00000162. The first-order chi connectivity index (χ1) is 8.35. The van der Waals surface area contributed by atoms with E-state index in [0.29, 0.717) is 22.6 Å². The average Bonchev–Trinajstić information content (AvgIpc) is 2.40. The molecule has 0 atom stereocenters. The third-order valence-corrected chi connectivity index (χ3v) is 2.23. The van der Waals surface area contributed by atoms with Crippen molar-refractivity contribution >= 4 is 51.4 Å². The van der Waals surface area contributed by atoms with E-state index in [0.717, 1.165) is 0 Å². The van der Waals surface area contributed by atoms with Crippen molar-refractivity contribution in [1.29, 1.82) is 10.5 Å². The van der Waals surface area contributed by atoms with Crippen LogP contribution in [0.1, 0.15) is 11.1 Å². The minimum absolute atomic E-state index is 0. The minimum atomic E-state index is 0. The van der Waals surface area contributed by atoms with Crippen molar-refractivity contribution in [2.45, 2.75) is 0 Å². The Labute approximate surface area is 148 Å². The molecule has 3 nitrogen and oxygen atoms in total. The van der Waals surface area contributed by atoms with Crippen LogP contribution in [0.2, 0.25) is 0 Å². The Morgan fingerprint density at radius 3 is 1.50 bits per heavy atom. The van der Waals surface area contributed by atoms with E-state index in [-0.39, 0.29) is 51.4 Å². The maximum absolute atomic E-state index is 8.93. The van der Waals surface area contributed by atoms with Crippen molar-refractivity contribution in [2.75, 3.05) is 0 Å². The molecule has 0 amide bonds. The van der Waals surface area contributed by atoms with Crippen LogP contribution in [-0.2, 0) is 0 Å². The molecule has 4 heteroatoms. The molecule has 81 valence electrons. The quantitative estimate of drug-likeness (QED) is 0.779. The van der Waals surface area contributed by atoms with Gasteiger partial charge in [-0.3, -0.25) is 0 Å². The molecule has 1 radical (unpaired) electrons. The molecular weight excluding hydrogens is 251 g/mol. The third-order valence-electron chi connectivity index (χ3n) is 2.23. The predicted octanol–water partition coefficient (Wildman–Crippen LogP) is 2.84. The summed E-state index contributed by atoms with van der Waals surface area (Å²) >= 11 is 0. The molecule has 0 saturated carbocycles. The van der Waals surface area contributed by atoms with Crippen molar-refractivity contribution in [3.05, 3.63) is 59.7 Å². The predicted molar refractivity (Wildman–Crippen MR) is 68.1 cm³/mol. The minimum Gasteiger partial charge on any atom is -0.455 e. The Kier molecular flexibility index (Phi) is 6.07. The summed E-state index contributed by atoms with van der Waals surface area (Å²) in [7, 11) is 0. The summed E-state index contributed by atoms with van der Waals surface area (Å²) in [5, 5.41) is 17.9. The topological polar surface area (TPSA) is 56.8 Å². The van der Waals surface area contributed by atoms with Gasteiger partial charge < -0.3 is 4.74 Å². The van der Waals surface area contributed by atoms with Crippen LogP contribution in [-0.4, -0.2) is 51.4 Å². The number of ether oxygens (including phenoxy) is 1. The molecule has 2 aromatic rings. The monoisotopic (exact) mass is 259 g/mol. The number of hydrogen-bond donors (Lipinski definition) is 0. The molecular formula is C14H8KN2O. The van der Waals surface area contributed by atoms with E-state index in [1.54, 1.807) is 48.5 Å². The number of hydrogen-bond acceptors (Lipinski definition) is 3. The van der Waals surface area contributed by atoms with Crippen molar-refractivity contribution in [3.63, 3.8) is 0 Å². The summed E-state index contributed by atoms with van der Waals surface area (Å²) < 4.78 is 5.58. The van der Waals surface area contributed by atoms with Crippen LogP contribution in [0.5, 0.6) is 11.5 Å². The number of rotatable bonds is 2. The summed E-state index contributed by atoms with van der Waals surface area (Å²) in [5.74, 6) is 0.912. The van der Waals surface area contributed by atoms with Crippen molar-refractivity contribution < 1.29 is 4.74 Å². The molecule has 0 aliphatic rings. The van der Waals surface area contributed by atoms with Crippen LogP contribution < -0.4 is 4.74 Å². The largest absolute Gasteiger partial charge is 0.455 e. The number of nitriles is 2. The van der Waals surface area contributed by atoms with Gasteiger partial charge in [-0.15, -0.1) is 0 Å². The van der Waals surface area contributed by atoms with Gasteiger partial charge in [0.15, 0.2) is 0 Å². The van der Waals surface area contributed by atoms with E-state index in [4.69, 9.17) is 15.3 Å². The smallest absolute Gasteiger partial charge is 0.145 e. The fourth-order valence-electron chi connectivity index (χ4n) is 1.41. The van der Waals surface area contributed by atoms with Gasteiger partial charge in [0, 0.05) is 51.4 Å². The Bertz CT molecular complexity index is 571. The van der Waals surface area contributed by atoms with E-state index >= 15 is 0 Å². The Morgan fingerprint density at radius 1 is 0.722 bits per heavy atom. The van der Waals surface area contributed by atoms with E-state index in [2.05, 4.69) is 0 Å². The summed E-state index contributed by atoms with van der Waals surface area (Å²) in [6, 6.07) is 17.9. The standard InChI is InChI=1S/C14H8N2O.K/c15-9-11-5-1-3-7-13(11)17-14-8-4-2-6-12(14)10-16;/h1-8H;. The number of para-hydroxylation sites is 2. The summed E-state index contributed by atoms with van der Waals surface area (Å²) in [6.07, 6.45) is 0. The summed E-state index contributed by atoms with van der Waals surface area (Å²) in [5.41, 5.74) is 0.889. The van der Waals surface area contributed by atoms with Gasteiger partial charge in [0.25, 0.3) is 0 Å². The summed E-state index contributed by atoms with van der Waals surface area (Å²) in [4.78, 5) is 0. The van der Waals surface area contributed by atoms with Crippen molar-refractivity contribution in [1.82, 2.24) is 0 Å². The van der Waals surface area contributed by atoms with E-state index in [1.807, 2.05) is 12.1 Å². The zero-order chi connectivity index (χ0) is 12.1. The molecule has 0 spiro atoms. The molecule has 0 fully saturated rings. The molecule has 2 rings (SSSR count). The average molecular weight is 259 g/mol. The first kappa shape index (κ1) is 14.9. The zero-order valence-electron chi connectivity index (χ0n) is 9.92. The van der Waals surface area contributed by atoms with Crippen LogP contribution in [0.3, 0.4) is 0 Å². The molecule has 0 aliphatic carbocycles. The SMILES string of the molecule is N#Cc1ccccc1Oc1ccccc1C#N.[K]. The summed E-state index contributed by atoms with van der Waals surface area (Å²) in [6.45, 7) is 0. The van der Waals surface area contributed by atoms with Crippen LogP contribution in [0.4, 0.5) is 0 Å². The normalized spacial score (nSPS) is 8.56. The number of benzene rings is 2. The van der Waals surface area contributed by atoms with Gasteiger partial charge in [-0.25, -0.2) is 0 Å². The maximum atomic E-state index is 8.93. The molecule has 0 N–H and O–H groups in total. The second-order valence-corrected chi connectivity index (χ2v) is 3.32. The van der Waals surface area contributed by atoms with Crippen molar-refractivity contribution in [3.8, 4) is 23.6 Å². The van der Waals surface area contributed by atoms with Crippen LogP contribution >= 0.6 is 0 Å². The van der Waals surface area contributed by atoms with Gasteiger partial charge in [-0.1, -0.05) is 24.3 Å². The van der Waals surface area contributed by atoms with Crippen LogP contribution in [0.15, 0.2) is 48.5 Å². The van der Waals surface area contributed by atoms with E-state index in [9.17, 15) is 0 Å². The van der Waals surface area contributed by atoms with Gasteiger partial charge in [0.05, 0.1) is 11.1 Å². The molecule has 0 bridgehead atoms. The fourth-order valence-corrected chi connectivity index (χ4v) is 1.41. The first-order valence-corrected chi connectivity index (χ1v) is 5.01. The fraction of sp³-hybridized carbons (Fsp3) is 0. The third kappa shape index (κ3) is 3.43. The Morgan fingerprint density at radius 2 is 1.11 bits per heavy atom.